The first-order chi connectivity index (χ1) is 7.08. The van der Waals surface area contributed by atoms with Crippen molar-refractivity contribution in [3.63, 3.8) is 0 Å². The fourth-order valence-electron chi connectivity index (χ4n) is 1.99. The SMILES string of the molecule is C=C1N=CC2=C(CC(CC(C)C)O2)C1=N. The number of ether oxygens (including phenoxy) is 1. The third-order valence-electron chi connectivity index (χ3n) is 2.69. The third-order valence-corrected chi connectivity index (χ3v) is 2.69. The number of hydrogen-bond donors (Lipinski definition) is 1. The van der Waals surface area contributed by atoms with E-state index in [1.807, 2.05) is 0 Å². The number of allylic oxidation sites excluding steroid dienone is 2. The summed E-state index contributed by atoms with van der Waals surface area (Å²) in [4.78, 5) is 4.04. The second kappa shape index (κ2) is 3.65. The van der Waals surface area contributed by atoms with E-state index in [-0.39, 0.29) is 6.10 Å². The van der Waals surface area contributed by atoms with Gasteiger partial charge < -0.3 is 4.74 Å². The molecule has 0 spiro atoms. The Morgan fingerprint density at radius 3 is 3.07 bits per heavy atom. The first kappa shape index (κ1) is 10.1. The fourth-order valence-corrected chi connectivity index (χ4v) is 1.99. The van der Waals surface area contributed by atoms with Gasteiger partial charge in [0.1, 0.15) is 11.9 Å². The second-order valence-corrected chi connectivity index (χ2v) is 4.50. The molecule has 0 fully saturated rings. The summed E-state index contributed by atoms with van der Waals surface area (Å²) in [6.45, 7) is 8.09. The molecule has 0 aromatic carbocycles. The molecule has 0 saturated heterocycles. The van der Waals surface area contributed by atoms with Crippen molar-refractivity contribution in [2.75, 3.05) is 0 Å². The molecule has 2 aliphatic rings. The van der Waals surface area contributed by atoms with E-state index >= 15 is 0 Å². The van der Waals surface area contributed by atoms with Crippen LogP contribution in [0.5, 0.6) is 0 Å². The Balaban J connectivity index is 2.11. The lowest BCUT2D eigenvalue weighted by Gasteiger charge is -2.13. The molecule has 3 nitrogen and oxygen atoms in total. The summed E-state index contributed by atoms with van der Waals surface area (Å²) in [6.07, 6.45) is 3.77. The fraction of sp³-hybridized carbons (Fsp3) is 0.500. The van der Waals surface area contributed by atoms with Crippen LogP contribution < -0.4 is 0 Å². The van der Waals surface area contributed by atoms with Gasteiger partial charge in [0.05, 0.1) is 17.6 Å². The standard InChI is InChI=1S/C12H16N2O/c1-7(2)4-9-5-10-11(15-9)6-14-8(3)12(10)13/h6-7,9,13H,3-5H2,1-2H3. The zero-order valence-electron chi connectivity index (χ0n) is 9.21. The lowest BCUT2D eigenvalue weighted by molar-refractivity contribution is 0.136. The molecule has 0 aliphatic carbocycles. The summed E-state index contributed by atoms with van der Waals surface area (Å²) >= 11 is 0. The number of nitrogens with one attached hydrogen (secondary N) is 1. The largest absolute Gasteiger partial charge is 0.488 e. The van der Waals surface area contributed by atoms with Crippen molar-refractivity contribution in [3.05, 3.63) is 23.6 Å². The molecule has 0 radical (unpaired) electrons. The number of aliphatic imine (C=N–C) groups is 1. The van der Waals surface area contributed by atoms with Crippen LogP contribution in [-0.2, 0) is 4.74 Å². The van der Waals surface area contributed by atoms with Gasteiger partial charge >= 0.3 is 0 Å². The van der Waals surface area contributed by atoms with Gasteiger partial charge in [-0.05, 0) is 12.3 Å². The van der Waals surface area contributed by atoms with Crippen LogP contribution in [0.3, 0.4) is 0 Å². The molecule has 2 rings (SSSR count). The maximum atomic E-state index is 7.84. The van der Waals surface area contributed by atoms with Gasteiger partial charge in [-0.2, -0.15) is 0 Å². The van der Waals surface area contributed by atoms with Crippen molar-refractivity contribution in [2.24, 2.45) is 10.9 Å². The second-order valence-electron chi connectivity index (χ2n) is 4.50. The zero-order chi connectivity index (χ0) is 11.0. The topological polar surface area (TPSA) is 45.4 Å². The molecule has 1 N–H and O–H groups in total. The highest BCUT2D eigenvalue weighted by atomic mass is 16.5. The van der Waals surface area contributed by atoms with E-state index in [0.717, 1.165) is 24.2 Å². The molecular weight excluding hydrogens is 188 g/mol. The number of nitrogens with zero attached hydrogens (tertiary/aromatic N) is 1. The molecule has 0 bridgehead atoms. The maximum Gasteiger partial charge on any atom is 0.143 e. The van der Waals surface area contributed by atoms with Crippen molar-refractivity contribution in [2.45, 2.75) is 32.8 Å². The first-order valence-electron chi connectivity index (χ1n) is 5.30. The molecule has 0 aromatic rings. The van der Waals surface area contributed by atoms with Crippen LogP contribution >= 0.6 is 0 Å². The molecule has 1 atom stereocenters. The van der Waals surface area contributed by atoms with Crippen molar-refractivity contribution < 1.29 is 4.74 Å². The minimum absolute atomic E-state index is 0.215. The Morgan fingerprint density at radius 1 is 1.67 bits per heavy atom. The quantitative estimate of drug-likeness (QED) is 0.738. The van der Waals surface area contributed by atoms with Gasteiger partial charge in [0.2, 0.25) is 0 Å². The number of hydrogen-bond acceptors (Lipinski definition) is 3. The van der Waals surface area contributed by atoms with Gasteiger partial charge in [0.25, 0.3) is 0 Å². The average Bonchev–Trinajstić information content (AvgIpc) is 2.54. The minimum Gasteiger partial charge on any atom is -0.488 e. The maximum absolute atomic E-state index is 7.84. The molecule has 15 heavy (non-hydrogen) atoms. The molecule has 1 unspecified atom stereocenters. The van der Waals surface area contributed by atoms with Crippen LogP contribution in [0, 0.1) is 11.3 Å². The Labute approximate surface area is 90.1 Å². The van der Waals surface area contributed by atoms with E-state index in [2.05, 4.69) is 25.4 Å². The van der Waals surface area contributed by atoms with Gasteiger partial charge in [0, 0.05) is 12.0 Å². The monoisotopic (exact) mass is 204 g/mol. The third kappa shape index (κ3) is 1.87. The van der Waals surface area contributed by atoms with E-state index in [4.69, 9.17) is 10.1 Å². The predicted molar refractivity (Wildman–Crippen MR) is 61.3 cm³/mol. The Hall–Kier alpha value is -1.38. The van der Waals surface area contributed by atoms with Crippen LogP contribution in [0.1, 0.15) is 26.7 Å². The highest BCUT2D eigenvalue weighted by Crippen LogP contribution is 2.32. The molecule has 0 amide bonds. The van der Waals surface area contributed by atoms with Crippen LogP contribution in [0.2, 0.25) is 0 Å². The summed E-state index contributed by atoms with van der Waals surface area (Å²) in [6, 6.07) is 0. The van der Waals surface area contributed by atoms with Crippen LogP contribution in [0.4, 0.5) is 0 Å². The molecule has 0 aromatic heterocycles. The van der Waals surface area contributed by atoms with E-state index in [1.54, 1.807) is 6.21 Å². The van der Waals surface area contributed by atoms with E-state index < -0.39 is 0 Å². The van der Waals surface area contributed by atoms with Crippen molar-refractivity contribution in [3.8, 4) is 0 Å². The molecular formula is C12H16N2O. The van der Waals surface area contributed by atoms with Gasteiger partial charge in [-0.3, -0.25) is 10.4 Å². The van der Waals surface area contributed by atoms with Crippen LogP contribution in [0.25, 0.3) is 0 Å². The summed E-state index contributed by atoms with van der Waals surface area (Å²) in [5, 5.41) is 7.84. The number of rotatable bonds is 2. The predicted octanol–water partition coefficient (Wildman–Crippen LogP) is 2.69. The highest BCUT2D eigenvalue weighted by Gasteiger charge is 2.30. The molecule has 2 heterocycles. The summed E-state index contributed by atoms with van der Waals surface area (Å²) < 4.78 is 5.74. The van der Waals surface area contributed by atoms with Gasteiger partial charge in [0.15, 0.2) is 0 Å². The molecule has 0 saturated carbocycles. The van der Waals surface area contributed by atoms with Crippen LogP contribution in [0.15, 0.2) is 28.6 Å². The van der Waals surface area contributed by atoms with Gasteiger partial charge in [-0.1, -0.05) is 20.4 Å². The minimum atomic E-state index is 0.215. The smallest absolute Gasteiger partial charge is 0.143 e. The summed E-state index contributed by atoms with van der Waals surface area (Å²) in [7, 11) is 0. The Morgan fingerprint density at radius 2 is 2.40 bits per heavy atom. The van der Waals surface area contributed by atoms with E-state index in [9.17, 15) is 0 Å². The summed E-state index contributed by atoms with van der Waals surface area (Å²) in [5.74, 6) is 1.39. The lowest BCUT2D eigenvalue weighted by atomic mass is 9.97. The zero-order valence-corrected chi connectivity index (χ0v) is 9.21. The molecule has 80 valence electrons. The van der Waals surface area contributed by atoms with E-state index in [1.165, 1.54) is 0 Å². The van der Waals surface area contributed by atoms with Crippen molar-refractivity contribution >= 4 is 11.9 Å². The van der Waals surface area contributed by atoms with E-state index in [0.29, 0.717) is 17.3 Å². The molecule has 3 heteroatoms. The average molecular weight is 204 g/mol. The number of dihydropyridines is 1. The van der Waals surface area contributed by atoms with Crippen LogP contribution in [-0.4, -0.2) is 18.0 Å². The van der Waals surface area contributed by atoms with Gasteiger partial charge in [-0.15, -0.1) is 0 Å². The first-order valence-corrected chi connectivity index (χ1v) is 5.30. The van der Waals surface area contributed by atoms with Crippen molar-refractivity contribution in [1.29, 1.82) is 5.41 Å². The normalized spacial score (nSPS) is 24.9. The summed E-state index contributed by atoms with van der Waals surface area (Å²) in [5.41, 5.74) is 1.96. The highest BCUT2D eigenvalue weighted by molar-refractivity contribution is 6.15. The molecule has 2 aliphatic heterocycles. The van der Waals surface area contributed by atoms with Crippen molar-refractivity contribution in [1.82, 2.24) is 0 Å². The Kier molecular flexibility index (Phi) is 2.47. The van der Waals surface area contributed by atoms with Gasteiger partial charge in [-0.25, -0.2) is 0 Å². The lowest BCUT2D eigenvalue weighted by Crippen LogP contribution is -2.10. The Bertz CT molecular complexity index is 377.